The summed E-state index contributed by atoms with van der Waals surface area (Å²) in [7, 11) is 0. The number of ether oxygens (including phenoxy) is 1. The van der Waals surface area contributed by atoms with E-state index in [9.17, 15) is 14.7 Å². The number of carboxylic acids is 1. The van der Waals surface area contributed by atoms with Crippen LogP contribution in [0.1, 0.15) is 18.6 Å². The number of benzene rings is 2. The van der Waals surface area contributed by atoms with Gasteiger partial charge in [-0.15, -0.1) is 0 Å². The summed E-state index contributed by atoms with van der Waals surface area (Å²) in [5.74, 6) is -1.42. The molecule has 0 fully saturated rings. The van der Waals surface area contributed by atoms with E-state index in [-0.39, 0.29) is 37.0 Å². The monoisotopic (exact) mass is 364 g/mol. The molecule has 0 amide bonds. The van der Waals surface area contributed by atoms with E-state index in [4.69, 9.17) is 16.3 Å². The molecule has 26 heavy (non-hydrogen) atoms. The molecule has 3 rings (SSSR count). The molecule has 8 heteroatoms. The molecule has 0 aliphatic carbocycles. The summed E-state index contributed by atoms with van der Waals surface area (Å²) in [5, 5.41) is 12.3. The van der Waals surface area contributed by atoms with E-state index in [0.717, 1.165) is 0 Å². The van der Waals surface area contributed by atoms with Gasteiger partial charge in [0.15, 0.2) is 6.10 Å². The Bertz CT molecular complexity index is 992. The molecule has 0 bridgehead atoms. The van der Waals surface area contributed by atoms with Crippen LogP contribution < -0.4 is 34.3 Å². The maximum atomic E-state index is 12.6. The number of carbonyl (C=O) groups is 1. The van der Waals surface area contributed by atoms with Crippen LogP contribution in [-0.2, 0) is 11.3 Å². The minimum absolute atomic E-state index is 0. The zero-order valence-electron chi connectivity index (χ0n) is 14.3. The first-order valence-corrected chi connectivity index (χ1v) is 8.01. The van der Waals surface area contributed by atoms with Crippen molar-refractivity contribution in [1.82, 2.24) is 9.55 Å². The summed E-state index contributed by atoms with van der Waals surface area (Å²) in [5.41, 5.74) is 0.421. The van der Waals surface area contributed by atoms with Crippen molar-refractivity contribution in [2.75, 3.05) is 0 Å². The number of rotatable bonds is 5. The van der Waals surface area contributed by atoms with Crippen LogP contribution in [0.15, 0.2) is 53.3 Å². The minimum atomic E-state index is -1.42. The van der Waals surface area contributed by atoms with Crippen LogP contribution in [0.5, 0.6) is 6.01 Å². The topological polar surface area (TPSA) is 84.2 Å². The Morgan fingerprint density at radius 1 is 1.27 bits per heavy atom. The van der Waals surface area contributed by atoms with E-state index in [0.29, 0.717) is 21.5 Å². The fourth-order valence-electron chi connectivity index (χ4n) is 2.53. The summed E-state index contributed by atoms with van der Waals surface area (Å²) in [6.07, 6.45) is -1.38. The molecular weight excluding hydrogens is 351 g/mol. The predicted molar refractivity (Wildman–Crippen MR) is 91.5 cm³/mol. The standard InChI is InChI=1S/C18H15ClN2O4.Li/c1-2-21-16(22)13-10-12(19)8-9-14(13)20-18(21)25-15(17(23)24)11-6-4-3-5-7-11;/h3-10,15H,2H2,1H3,(H,23,24);/q;+1/p-1. The molecule has 0 radical (unpaired) electrons. The molecule has 0 aliphatic heterocycles. The number of aromatic nitrogens is 2. The van der Waals surface area contributed by atoms with Gasteiger partial charge in [-0.05, 0) is 30.7 Å². The molecular formula is C18H14ClLiN2O4. The van der Waals surface area contributed by atoms with Gasteiger partial charge in [-0.1, -0.05) is 41.9 Å². The predicted octanol–water partition coefficient (Wildman–Crippen LogP) is -1.06. The fourth-order valence-corrected chi connectivity index (χ4v) is 2.70. The summed E-state index contributed by atoms with van der Waals surface area (Å²) in [6, 6.07) is 13.0. The molecule has 3 aromatic rings. The van der Waals surface area contributed by atoms with Crippen molar-refractivity contribution < 1.29 is 33.5 Å². The van der Waals surface area contributed by atoms with Crippen LogP contribution in [0.4, 0.5) is 0 Å². The SMILES string of the molecule is CCn1c(OC(C(=O)[O-])c2ccccc2)nc2ccc(Cl)cc2c1=O.[Li+]. The van der Waals surface area contributed by atoms with Gasteiger partial charge in [0.1, 0.15) is 0 Å². The Labute approximate surface area is 166 Å². The Morgan fingerprint density at radius 3 is 2.58 bits per heavy atom. The normalized spacial score (nSPS) is 11.6. The van der Waals surface area contributed by atoms with Crippen molar-refractivity contribution in [2.45, 2.75) is 19.6 Å². The summed E-state index contributed by atoms with van der Waals surface area (Å²) in [6.45, 7) is 2.00. The minimum Gasteiger partial charge on any atom is -0.546 e. The number of hydrogen-bond acceptors (Lipinski definition) is 5. The average molecular weight is 365 g/mol. The van der Waals surface area contributed by atoms with Gasteiger partial charge in [0, 0.05) is 11.6 Å². The Kier molecular flexibility index (Phi) is 6.49. The summed E-state index contributed by atoms with van der Waals surface area (Å²) < 4.78 is 6.82. The maximum absolute atomic E-state index is 12.6. The average Bonchev–Trinajstić information content (AvgIpc) is 2.61. The van der Waals surface area contributed by atoms with Crippen molar-refractivity contribution in [3.05, 3.63) is 69.5 Å². The third-order valence-corrected chi connectivity index (χ3v) is 3.97. The molecule has 1 heterocycles. The Hall–Kier alpha value is -2.26. The number of nitrogens with zero attached hydrogens (tertiary/aromatic N) is 2. The molecule has 0 N–H and O–H groups in total. The van der Waals surface area contributed by atoms with Gasteiger partial charge in [0.05, 0.1) is 16.9 Å². The van der Waals surface area contributed by atoms with Gasteiger partial charge in [0.25, 0.3) is 5.56 Å². The quantitative estimate of drug-likeness (QED) is 0.539. The van der Waals surface area contributed by atoms with Crippen molar-refractivity contribution in [3.63, 3.8) is 0 Å². The third kappa shape index (κ3) is 3.94. The largest absolute Gasteiger partial charge is 1.00 e. The van der Waals surface area contributed by atoms with Crippen LogP contribution in [0.25, 0.3) is 10.9 Å². The molecule has 0 saturated heterocycles. The number of halogens is 1. The number of hydrogen-bond donors (Lipinski definition) is 0. The van der Waals surface area contributed by atoms with Crippen LogP contribution in [0.3, 0.4) is 0 Å². The van der Waals surface area contributed by atoms with E-state index in [2.05, 4.69) is 4.98 Å². The molecule has 1 unspecified atom stereocenters. The van der Waals surface area contributed by atoms with Gasteiger partial charge >= 0.3 is 24.9 Å². The summed E-state index contributed by atoms with van der Waals surface area (Å²) >= 11 is 5.94. The van der Waals surface area contributed by atoms with Gasteiger partial charge in [-0.3, -0.25) is 9.36 Å². The molecule has 2 aromatic carbocycles. The molecule has 0 spiro atoms. The molecule has 1 atom stereocenters. The van der Waals surface area contributed by atoms with Gasteiger partial charge in [-0.25, -0.2) is 0 Å². The molecule has 1 aromatic heterocycles. The Balaban J connectivity index is 0.00000243. The molecule has 128 valence electrons. The van der Waals surface area contributed by atoms with E-state index >= 15 is 0 Å². The van der Waals surface area contributed by atoms with Crippen molar-refractivity contribution in [1.29, 1.82) is 0 Å². The maximum Gasteiger partial charge on any atom is 1.00 e. The van der Waals surface area contributed by atoms with E-state index in [1.54, 1.807) is 49.4 Å². The third-order valence-electron chi connectivity index (χ3n) is 3.74. The van der Waals surface area contributed by atoms with Crippen LogP contribution >= 0.6 is 11.6 Å². The number of aliphatic carboxylic acids is 1. The van der Waals surface area contributed by atoms with Gasteiger partial charge in [-0.2, -0.15) is 4.98 Å². The van der Waals surface area contributed by atoms with Crippen molar-refractivity contribution in [3.8, 4) is 6.01 Å². The summed E-state index contributed by atoms with van der Waals surface area (Å²) in [4.78, 5) is 28.5. The second-order valence-corrected chi connectivity index (χ2v) is 5.77. The first kappa shape index (κ1) is 20.1. The number of fused-ring (bicyclic) bond motifs is 1. The molecule has 0 aliphatic rings. The van der Waals surface area contributed by atoms with Crippen LogP contribution in [-0.4, -0.2) is 15.5 Å². The second kappa shape index (κ2) is 8.41. The first-order valence-electron chi connectivity index (χ1n) is 7.64. The zero-order valence-corrected chi connectivity index (χ0v) is 15.1. The van der Waals surface area contributed by atoms with Crippen LogP contribution in [0.2, 0.25) is 5.02 Å². The molecule has 0 saturated carbocycles. The molecule has 6 nitrogen and oxygen atoms in total. The fraction of sp³-hybridized carbons (Fsp3) is 0.167. The van der Waals surface area contributed by atoms with Crippen molar-refractivity contribution in [2.24, 2.45) is 0 Å². The second-order valence-electron chi connectivity index (χ2n) is 5.33. The zero-order chi connectivity index (χ0) is 18.0. The smallest absolute Gasteiger partial charge is 0.546 e. The first-order chi connectivity index (χ1) is 12.0. The number of carbonyl (C=O) groups excluding carboxylic acids is 1. The van der Waals surface area contributed by atoms with Crippen molar-refractivity contribution >= 4 is 28.5 Å². The Morgan fingerprint density at radius 2 is 1.96 bits per heavy atom. The van der Waals surface area contributed by atoms with E-state index in [1.807, 2.05) is 0 Å². The van der Waals surface area contributed by atoms with Gasteiger partial charge < -0.3 is 14.6 Å². The van der Waals surface area contributed by atoms with E-state index < -0.39 is 12.1 Å². The van der Waals surface area contributed by atoms with Gasteiger partial charge in [0.2, 0.25) is 0 Å². The van der Waals surface area contributed by atoms with E-state index in [1.165, 1.54) is 10.6 Å². The van der Waals surface area contributed by atoms with Crippen LogP contribution in [0, 0.1) is 0 Å². The number of carboxylic acid groups (broad SMARTS) is 1.